The standard InChI is InChI=1S/C16H18ClN3O2/c1-20-9-8-18-15(20)14(11-4-6-12(17)7-5-11)19-16(21)13-3-2-10-22-13/h4-9,13-14H,2-3,10H2,1H3,(H,19,21)/t13-,14+/m1/s1. The number of aromatic nitrogens is 2. The lowest BCUT2D eigenvalue weighted by Gasteiger charge is -2.21. The number of carbonyl (C=O) groups is 1. The Morgan fingerprint density at radius 1 is 1.45 bits per heavy atom. The highest BCUT2D eigenvalue weighted by Crippen LogP contribution is 2.23. The van der Waals surface area contributed by atoms with Crippen molar-refractivity contribution < 1.29 is 9.53 Å². The van der Waals surface area contributed by atoms with Crippen molar-refractivity contribution in [1.82, 2.24) is 14.9 Å². The Morgan fingerprint density at radius 3 is 2.82 bits per heavy atom. The molecule has 1 amide bonds. The van der Waals surface area contributed by atoms with Gasteiger partial charge < -0.3 is 14.6 Å². The Balaban J connectivity index is 1.87. The summed E-state index contributed by atoms with van der Waals surface area (Å²) in [6.07, 6.45) is 4.90. The van der Waals surface area contributed by atoms with Gasteiger partial charge in [0.2, 0.25) is 5.91 Å². The lowest BCUT2D eigenvalue weighted by molar-refractivity contribution is -0.130. The molecule has 2 heterocycles. The zero-order chi connectivity index (χ0) is 15.5. The second kappa shape index (κ2) is 6.50. The van der Waals surface area contributed by atoms with Crippen LogP contribution in [0.4, 0.5) is 0 Å². The van der Waals surface area contributed by atoms with Gasteiger partial charge in [-0.2, -0.15) is 0 Å². The van der Waals surface area contributed by atoms with E-state index in [9.17, 15) is 4.79 Å². The van der Waals surface area contributed by atoms with Gasteiger partial charge in [-0.1, -0.05) is 23.7 Å². The van der Waals surface area contributed by atoms with Crippen molar-refractivity contribution in [3.8, 4) is 0 Å². The van der Waals surface area contributed by atoms with Crippen molar-refractivity contribution in [2.24, 2.45) is 7.05 Å². The number of aryl methyl sites for hydroxylation is 1. The van der Waals surface area contributed by atoms with Crippen LogP contribution in [0.25, 0.3) is 0 Å². The second-order valence-corrected chi connectivity index (χ2v) is 5.83. The molecule has 1 aromatic carbocycles. The van der Waals surface area contributed by atoms with Crippen LogP contribution in [-0.2, 0) is 16.6 Å². The molecule has 0 aliphatic carbocycles. The monoisotopic (exact) mass is 319 g/mol. The summed E-state index contributed by atoms with van der Waals surface area (Å²) in [5.74, 6) is 0.675. The predicted molar refractivity (Wildman–Crippen MR) is 83.6 cm³/mol. The molecule has 0 bridgehead atoms. The molecule has 0 spiro atoms. The third-order valence-corrected chi connectivity index (χ3v) is 4.08. The molecule has 1 N–H and O–H groups in total. The van der Waals surface area contributed by atoms with Crippen LogP contribution in [0.1, 0.15) is 30.3 Å². The fourth-order valence-electron chi connectivity index (χ4n) is 2.63. The topological polar surface area (TPSA) is 56.2 Å². The minimum Gasteiger partial charge on any atom is -0.368 e. The normalized spacial score (nSPS) is 19.1. The molecule has 6 heteroatoms. The van der Waals surface area contributed by atoms with Crippen LogP contribution in [0.15, 0.2) is 36.7 Å². The third-order valence-electron chi connectivity index (χ3n) is 3.83. The molecule has 2 atom stereocenters. The third kappa shape index (κ3) is 3.15. The summed E-state index contributed by atoms with van der Waals surface area (Å²) >= 11 is 5.95. The molecule has 22 heavy (non-hydrogen) atoms. The average Bonchev–Trinajstić information content (AvgIpc) is 3.17. The molecule has 1 fully saturated rings. The van der Waals surface area contributed by atoms with E-state index in [0.717, 1.165) is 24.2 Å². The summed E-state index contributed by atoms with van der Waals surface area (Å²) in [5.41, 5.74) is 0.935. The van der Waals surface area contributed by atoms with Crippen LogP contribution in [0, 0.1) is 0 Å². The quantitative estimate of drug-likeness (QED) is 0.942. The van der Waals surface area contributed by atoms with Gasteiger partial charge in [-0.25, -0.2) is 4.98 Å². The zero-order valence-corrected chi connectivity index (χ0v) is 13.1. The van der Waals surface area contributed by atoms with Crippen LogP contribution in [-0.4, -0.2) is 28.2 Å². The zero-order valence-electron chi connectivity index (χ0n) is 12.3. The SMILES string of the molecule is Cn1ccnc1[C@@H](NC(=O)[C@H]1CCCO1)c1ccc(Cl)cc1. The maximum atomic E-state index is 12.4. The smallest absolute Gasteiger partial charge is 0.249 e. The molecule has 3 rings (SSSR count). The Hall–Kier alpha value is -1.85. The summed E-state index contributed by atoms with van der Waals surface area (Å²) in [5, 5.41) is 3.71. The number of nitrogens with zero attached hydrogens (tertiary/aromatic N) is 2. The number of nitrogens with one attached hydrogen (secondary N) is 1. The molecular formula is C16H18ClN3O2. The van der Waals surface area contributed by atoms with Crippen molar-refractivity contribution in [3.63, 3.8) is 0 Å². The van der Waals surface area contributed by atoms with E-state index in [0.29, 0.717) is 11.6 Å². The molecular weight excluding hydrogens is 302 g/mol. The summed E-state index contributed by atoms with van der Waals surface area (Å²) in [6, 6.07) is 7.10. The maximum Gasteiger partial charge on any atom is 0.249 e. The summed E-state index contributed by atoms with van der Waals surface area (Å²) in [7, 11) is 1.91. The largest absolute Gasteiger partial charge is 0.368 e. The minimum absolute atomic E-state index is 0.0968. The first-order valence-corrected chi connectivity index (χ1v) is 7.67. The summed E-state index contributed by atoms with van der Waals surface area (Å²) in [4.78, 5) is 16.8. The molecule has 1 aliphatic heterocycles. The van der Waals surface area contributed by atoms with E-state index in [1.54, 1.807) is 6.20 Å². The highest BCUT2D eigenvalue weighted by molar-refractivity contribution is 6.30. The molecule has 5 nitrogen and oxygen atoms in total. The number of rotatable bonds is 4. The highest BCUT2D eigenvalue weighted by Gasteiger charge is 2.28. The minimum atomic E-state index is -0.366. The molecule has 0 saturated carbocycles. The highest BCUT2D eigenvalue weighted by atomic mass is 35.5. The fraction of sp³-hybridized carbons (Fsp3) is 0.375. The first-order valence-electron chi connectivity index (χ1n) is 7.30. The number of benzene rings is 1. The molecule has 116 valence electrons. The number of ether oxygens (including phenoxy) is 1. The van der Waals surface area contributed by atoms with Gasteiger partial charge in [-0.3, -0.25) is 4.79 Å². The average molecular weight is 320 g/mol. The molecule has 1 aliphatic rings. The van der Waals surface area contributed by atoms with Gasteiger partial charge in [0.05, 0.1) is 0 Å². The molecule has 0 unspecified atom stereocenters. The van der Waals surface area contributed by atoms with Gasteiger partial charge in [0, 0.05) is 31.1 Å². The first kappa shape index (κ1) is 15.1. The van der Waals surface area contributed by atoms with Gasteiger partial charge >= 0.3 is 0 Å². The number of hydrogen-bond acceptors (Lipinski definition) is 3. The number of imidazole rings is 1. The Morgan fingerprint density at radius 2 is 2.23 bits per heavy atom. The van der Waals surface area contributed by atoms with E-state index >= 15 is 0 Å². The number of hydrogen-bond donors (Lipinski definition) is 1. The van der Waals surface area contributed by atoms with Crippen molar-refractivity contribution in [2.45, 2.75) is 25.0 Å². The number of amides is 1. The van der Waals surface area contributed by atoms with Gasteiger partial charge in [0.1, 0.15) is 18.0 Å². The van der Waals surface area contributed by atoms with E-state index in [1.807, 2.05) is 42.1 Å². The summed E-state index contributed by atoms with van der Waals surface area (Å²) in [6.45, 7) is 0.645. The Bertz CT molecular complexity index is 648. The number of halogens is 1. The van der Waals surface area contributed by atoms with E-state index in [1.165, 1.54) is 0 Å². The molecule has 2 aromatic rings. The number of carbonyl (C=O) groups excluding carboxylic acids is 1. The maximum absolute atomic E-state index is 12.4. The van der Waals surface area contributed by atoms with E-state index in [2.05, 4.69) is 10.3 Å². The van der Waals surface area contributed by atoms with Crippen LogP contribution in [0.2, 0.25) is 5.02 Å². The van der Waals surface area contributed by atoms with Crippen LogP contribution in [0.3, 0.4) is 0 Å². The predicted octanol–water partition coefficient (Wildman–Crippen LogP) is 2.46. The Kier molecular flexibility index (Phi) is 4.45. The fourth-order valence-corrected chi connectivity index (χ4v) is 2.75. The van der Waals surface area contributed by atoms with Crippen molar-refractivity contribution in [1.29, 1.82) is 0 Å². The van der Waals surface area contributed by atoms with E-state index in [4.69, 9.17) is 16.3 Å². The van der Waals surface area contributed by atoms with Gasteiger partial charge in [-0.05, 0) is 30.5 Å². The van der Waals surface area contributed by atoms with Crippen molar-refractivity contribution in [2.75, 3.05) is 6.61 Å². The molecule has 0 radical (unpaired) electrons. The lowest BCUT2D eigenvalue weighted by Crippen LogP contribution is -2.38. The second-order valence-electron chi connectivity index (χ2n) is 5.39. The molecule has 1 saturated heterocycles. The first-order chi connectivity index (χ1) is 10.6. The van der Waals surface area contributed by atoms with Gasteiger partial charge in [-0.15, -0.1) is 0 Å². The van der Waals surface area contributed by atoms with Crippen molar-refractivity contribution >= 4 is 17.5 Å². The van der Waals surface area contributed by atoms with Crippen molar-refractivity contribution in [3.05, 3.63) is 53.1 Å². The van der Waals surface area contributed by atoms with Crippen LogP contribution in [0.5, 0.6) is 0 Å². The van der Waals surface area contributed by atoms with E-state index < -0.39 is 0 Å². The van der Waals surface area contributed by atoms with E-state index in [-0.39, 0.29) is 18.1 Å². The van der Waals surface area contributed by atoms with Gasteiger partial charge in [0.15, 0.2) is 0 Å². The van der Waals surface area contributed by atoms with Crippen LogP contribution >= 0.6 is 11.6 Å². The summed E-state index contributed by atoms with van der Waals surface area (Å²) < 4.78 is 7.36. The Labute approximate surface area is 134 Å². The van der Waals surface area contributed by atoms with Crippen LogP contribution < -0.4 is 5.32 Å². The van der Waals surface area contributed by atoms with Gasteiger partial charge in [0.25, 0.3) is 0 Å². The molecule has 1 aromatic heterocycles. The lowest BCUT2D eigenvalue weighted by atomic mass is 10.1.